The highest BCUT2D eigenvalue weighted by atomic mass is 79.9. The molecule has 1 aromatic carbocycles. The Morgan fingerprint density at radius 2 is 2.16 bits per heavy atom. The highest BCUT2D eigenvalue weighted by molar-refractivity contribution is 9.10. The average Bonchev–Trinajstić information content (AvgIpc) is 2.95. The predicted molar refractivity (Wildman–Crippen MR) is 96.6 cm³/mol. The third-order valence-corrected chi connectivity index (χ3v) is 5.27. The zero-order valence-electron chi connectivity index (χ0n) is 14.3. The van der Waals surface area contributed by atoms with Gasteiger partial charge in [-0.15, -0.1) is 0 Å². The van der Waals surface area contributed by atoms with Crippen LogP contribution in [0, 0.1) is 12.8 Å². The second-order valence-electron chi connectivity index (χ2n) is 6.23. The van der Waals surface area contributed by atoms with E-state index in [0.717, 1.165) is 34.6 Å². The van der Waals surface area contributed by atoms with E-state index in [4.69, 9.17) is 14.3 Å². The van der Waals surface area contributed by atoms with Crippen LogP contribution in [0.5, 0.6) is 5.75 Å². The second kappa shape index (κ2) is 7.58. The Morgan fingerprint density at radius 3 is 2.80 bits per heavy atom. The Bertz CT molecular complexity index is 766. The van der Waals surface area contributed by atoms with Crippen LogP contribution in [0.25, 0.3) is 11.5 Å². The first-order valence-corrected chi connectivity index (χ1v) is 9.03. The lowest BCUT2D eigenvalue weighted by Gasteiger charge is -2.29. The van der Waals surface area contributed by atoms with Gasteiger partial charge in [-0.2, -0.15) is 0 Å². The molecule has 2 aromatic rings. The summed E-state index contributed by atoms with van der Waals surface area (Å²) >= 11 is 3.53. The zero-order chi connectivity index (χ0) is 18.0. The number of aromatic nitrogens is 1. The molecule has 25 heavy (non-hydrogen) atoms. The number of carbonyl (C=O) groups is 1. The van der Waals surface area contributed by atoms with Gasteiger partial charge < -0.3 is 14.3 Å². The van der Waals surface area contributed by atoms with Gasteiger partial charge in [0.15, 0.2) is 0 Å². The zero-order valence-corrected chi connectivity index (χ0v) is 15.9. The summed E-state index contributed by atoms with van der Waals surface area (Å²) in [6.45, 7) is 4.08. The summed E-state index contributed by atoms with van der Waals surface area (Å²) in [4.78, 5) is 18.0. The minimum atomic E-state index is -0.694. The number of benzene rings is 1. The average molecular weight is 409 g/mol. The molecule has 0 bridgehead atoms. The Kier molecular flexibility index (Phi) is 5.44. The number of hydrogen-bond donors (Lipinski definition) is 1. The van der Waals surface area contributed by atoms with E-state index in [0.29, 0.717) is 31.0 Å². The lowest BCUT2D eigenvalue weighted by Crippen LogP contribution is -2.36. The monoisotopic (exact) mass is 408 g/mol. The van der Waals surface area contributed by atoms with Crippen LogP contribution in [0.4, 0.5) is 0 Å². The molecular formula is C18H21BrN2O4. The van der Waals surface area contributed by atoms with E-state index in [-0.39, 0.29) is 5.92 Å². The lowest BCUT2D eigenvalue weighted by molar-refractivity contribution is -0.143. The highest BCUT2D eigenvalue weighted by Crippen LogP contribution is 2.37. The molecule has 1 N–H and O–H groups in total. The van der Waals surface area contributed by atoms with Crippen molar-refractivity contribution in [2.45, 2.75) is 26.3 Å². The number of carboxylic acid groups (broad SMARTS) is 1. The molecule has 0 spiro atoms. The smallest absolute Gasteiger partial charge is 0.306 e. The number of aliphatic carboxylic acids is 1. The summed E-state index contributed by atoms with van der Waals surface area (Å²) in [5.74, 6) is 1.07. The van der Waals surface area contributed by atoms with Crippen LogP contribution >= 0.6 is 15.9 Å². The maximum Gasteiger partial charge on any atom is 0.306 e. The van der Waals surface area contributed by atoms with E-state index in [1.165, 1.54) is 0 Å². The molecule has 1 aromatic heterocycles. The van der Waals surface area contributed by atoms with Crippen LogP contribution in [-0.2, 0) is 11.3 Å². The van der Waals surface area contributed by atoms with E-state index >= 15 is 0 Å². The second-order valence-corrected chi connectivity index (χ2v) is 7.08. The van der Waals surface area contributed by atoms with Gasteiger partial charge >= 0.3 is 5.97 Å². The van der Waals surface area contributed by atoms with Gasteiger partial charge in [0.1, 0.15) is 11.5 Å². The summed E-state index contributed by atoms with van der Waals surface area (Å²) in [5, 5.41) is 9.10. The fraction of sp³-hybridized carbons (Fsp3) is 0.444. The molecule has 0 radical (unpaired) electrons. The number of rotatable bonds is 5. The van der Waals surface area contributed by atoms with Crippen molar-refractivity contribution < 1.29 is 19.1 Å². The van der Waals surface area contributed by atoms with Crippen molar-refractivity contribution in [1.29, 1.82) is 0 Å². The number of hydrogen-bond acceptors (Lipinski definition) is 5. The van der Waals surface area contributed by atoms with Crippen LogP contribution in [0.2, 0.25) is 0 Å². The normalized spacial score (nSPS) is 16.1. The van der Waals surface area contributed by atoms with Crippen molar-refractivity contribution in [2.24, 2.45) is 5.92 Å². The third-order valence-electron chi connectivity index (χ3n) is 4.61. The number of aryl methyl sites for hydroxylation is 1. The first kappa shape index (κ1) is 17.9. The standard InChI is InChI=1S/C18H21BrN2O4/c1-11-14(10-21-8-6-12(7-9-21)18(22)23)20-17(25-11)16-13(19)4-3-5-15(16)24-2/h3-5,12H,6-10H2,1-2H3,(H,22,23). The summed E-state index contributed by atoms with van der Waals surface area (Å²) in [6, 6.07) is 5.69. The Morgan fingerprint density at radius 1 is 1.44 bits per heavy atom. The van der Waals surface area contributed by atoms with Gasteiger partial charge in [-0.3, -0.25) is 9.69 Å². The van der Waals surface area contributed by atoms with E-state index in [2.05, 4.69) is 25.8 Å². The van der Waals surface area contributed by atoms with Gasteiger partial charge in [-0.25, -0.2) is 4.98 Å². The molecule has 7 heteroatoms. The molecule has 1 fully saturated rings. The van der Waals surface area contributed by atoms with Crippen LogP contribution in [-0.4, -0.2) is 41.2 Å². The van der Waals surface area contributed by atoms with Crippen LogP contribution in [0.15, 0.2) is 27.1 Å². The maximum atomic E-state index is 11.1. The first-order valence-electron chi connectivity index (χ1n) is 8.24. The van der Waals surface area contributed by atoms with Gasteiger partial charge in [0, 0.05) is 11.0 Å². The fourth-order valence-corrected chi connectivity index (χ4v) is 3.63. The van der Waals surface area contributed by atoms with Gasteiger partial charge in [0.25, 0.3) is 0 Å². The number of halogens is 1. The number of likely N-dealkylation sites (tertiary alicyclic amines) is 1. The van der Waals surface area contributed by atoms with Crippen molar-refractivity contribution in [3.05, 3.63) is 34.1 Å². The minimum Gasteiger partial charge on any atom is -0.496 e. The summed E-state index contributed by atoms with van der Waals surface area (Å²) in [5.41, 5.74) is 1.67. The molecule has 0 unspecified atom stereocenters. The third kappa shape index (κ3) is 3.88. The van der Waals surface area contributed by atoms with E-state index in [1.807, 2.05) is 25.1 Å². The topological polar surface area (TPSA) is 75.8 Å². The molecular weight excluding hydrogens is 388 g/mol. The van der Waals surface area contributed by atoms with Crippen molar-refractivity contribution in [1.82, 2.24) is 9.88 Å². The molecule has 1 aliphatic heterocycles. The van der Waals surface area contributed by atoms with Crippen molar-refractivity contribution in [3.63, 3.8) is 0 Å². The quantitative estimate of drug-likeness (QED) is 0.812. The molecule has 2 heterocycles. The van der Waals surface area contributed by atoms with Gasteiger partial charge in [-0.1, -0.05) is 6.07 Å². The molecule has 0 atom stereocenters. The minimum absolute atomic E-state index is 0.227. The molecule has 0 saturated carbocycles. The van der Waals surface area contributed by atoms with Crippen LogP contribution < -0.4 is 4.74 Å². The van der Waals surface area contributed by atoms with E-state index in [1.54, 1.807) is 7.11 Å². The molecule has 3 rings (SSSR count). The Balaban J connectivity index is 1.77. The van der Waals surface area contributed by atoms with E-state index in [9.17, 15) is 4.79 Å². The van der Waals surface area contributed by atoms with Gasteiger partial charge in [0.05, 0.1) is 24.3 Å². The number of nitrogens with zero attached hydrogens (tertiary/aromatic N) is 2. The van der Waals surface area contributed by atoms with E-state index < -0.39 is 5.97 Å². The molecule has 134 valence electrons. The molecule has 1 aliphatic rings. The first-order chi connectivity index (χ1) is 12.0. The van der Waals surface area contributed by atoms with Crippen molar-refractivity contribution in [2.75, 3.05) is 20.2 Å². The summed E-state index contributed by atoms with van der Waals surface area (Å²) < 4.78 is 12.2. The maximum absolute atomic E-state index is 11.1. The number of carboxylic acids is 1. The fourth-order valence-electron chi connectivity index (χ4n) is 3.11. The Labute approximate surface area is 154 Å². The highest BCUT2D eigenvalue weighted by Gasteiger charge is 2.26. The number of ether oxygens (including phenoxy) is 1. The van der Waals surface area contributed by atoms with Gasteiger partial charge in [0.2, 0.25) is 5.89 Å². The molecule has 0 amide bonds. The SMILES string of the molecule is COc1cccc(Br)c1-c1nc(CN2CCC(C(=O)O)CC2)c(C)o1. The predicted octanol–water partition coefficient (Wildman–Crippen LogP) is 3.72. The van der Waals surface area contributed by atoms with Crippen LogP contribution in [0.3, 0.4) is 0 Å². The van der Waals surface area contributed by atoms with Crippen molar-refractivity contribution in [3.8, 4) is 17.2 Å². The summed E-state index contributed by atoms with van der Waals surface area (Å²) in [7, 11) is 1.62. The number of methoxy groups -OCH3 is 1. The van der Waals surface area contributed by atoms with Gasteiger partial charge in [-0.05, 0) is 60.9 Å². The molecule has 0 aliphatic carbocycles. The number of oxazole rings is 1. The van der Waals surface area contributed by atoms with Crippen LogP contribution in [0.1, 0.15) is 24.3 Å². The molecule has 1 saturated heterocycles. The molecule has 6 nitrogen and oxygen atoms in total. The lowest BCUT2D eigenvalue weighted by atomic mass is 9.97. The summed E-state index contributed by atoms with van der Waals surface area (Å²) in [6.07, 6.45) is 1.36. The Hall–Kier alpha value is -1.86. The van der Waals surface area contributed by atoms with Crippen molar-refractivity contribution >= 4 is 21.9 Å². The largest absolute Gasteiger partial charge is 0.496 e. The number of piperidine rings is 1.